The lowest BCUT2D eigenvalue weighted by Crippen LogP contribution is -2.49. The molecule has 2 aliphatic heterocycles. The standard InChI is InChI=1S/C54H66ClN7O15/c1-30-14-13-19-42(72-7)39(59-71)23-41(63)31(2)51-54(4,77-51)44(24-48(67)62(6)40-21-33(20-30)22-43(73-8)50(40)55)76-52(69)32(3)61(5)49(68)27-58-46(65)25-56-45(64)26-57-47(66)29-75-60-53(70)74-28-38-36-17-11-9-15-34(36)35-16-10-12-18-37(35)38/h9,11,13-19,21-22,31-32,38,41-42,44,51,63H,10,12,20,23-29H2,1-8H3,(H3-,56,57,58,60,64,65,66,70)/p+1. The number of allylic oxidation sites excluding steroid dienone is 6. The lowest BCUT2D eigenvalue weighted by atomic mass is 9.86. The number of rotatable bonds is 16. The maximum absolute atomic E-state index is 14.2. The Morgan fingerprint density at radius 3 is 2.39 bits per heavy atom. The number of hydrogen-bond acceptors (Lipinski definition) is 15. The molecule has 6 rings (SSSR count). The molecule has 2 aliphatic carbocycles. The minimum absolute atomic E-state index is 0.0267. The van der Waals surface area contributed by atoms with E-state index in [1.807, 2.05) is 37.3 Å². The first-order valence-corrected chi connectivity index (χ1v) is 25.4. The summed E-state index contributed by atoms with van der Waals surface area (Å²) in [5.74, 6) is -4.96. The molecular weight excluding hydrogens is 1020 g/mol. The van der Waals surface area contributed by atoms with Crippen molar-refractivity contribution in [2.24, 2.45) is 5.92 Å². The molecule has 8 unspecified atom stereocenters. The summed E-state index contributed by atoms with van der Waals surface area (Å²) in [5.41, 5.74) is 7.11. The summed E-state index contributed by atoms with van der Waals surface area (Å²) in [5, 5.41) is 18.5. The number of aliphatic hydroxyl groups excluding tert-OH is 1. The Labute approximate surface area is 451 Å². The van der Waals surface area contributed by atoms with E-state index in [1.54, 1.807) is 38.1 Å². The van der Waals surface area contributed by atoms with Crippen LogP contribution >= 0.6 is 11.6 Å². The predicted octanol–water partition coefficient (Wildman–Crippen LogP) is 3.26. The van der Waals surface area contributed by atoms with Gasteiger partial charge in [-0.3, -0.25) is 28.8 Å². The molecular formula is C54H67ClN7O15+. The Bertz CT molecular complexity index is 2770. The fraction of sp³-hybridized carbons (Fsp3) is 0.481. The van der Waals surface area contributed by atoms with E-state index in [-0.39, 0.29) is 29.7 Å². The average molecular weight is 1090 g/mol. The van der Waals surface area contributed by atoms with E-state index in [0.29, 0.717) is 17.9 Å². The zero-order valence-electron chi connectivity index (χ0n) is 44.3. The van der Waals surface area contributed by atoms with Crippen molar-refractivity contribution >= 4 is 70.2 Å². The molecule has 0 aromatic heterocycles. The molecule has 2 bridgehead atoms. The second-order valence-electron chi connectivity index (χ2n) is 19.4. The number of hydroxylamine groups is 1. The monoisotopic (exact) mass is 1090 g/mol. The van der Waals surface area contributed by atoms with E-state index < -0.39 is 116 Å². The van der Waals surface area contributed by atoms with Gasteiger partial charge in [0.1, 0.15) is 35.1 Å². The van der Waals surface area contributed by atoms with Crippen LogP contribution in [0.1, 0.15) is 76.0 Å². The Kier molecular flexibility index (Phi) is 20.5. The van der Waals surface area contributed by atoms with Crippen molar-refractivity contribution in [3.05, 3.63) is 105 Å². The Morgan fingerprint density at radius 1 is 1.00 bits per heavy atom. The van der Waals surface area contributed by atoms with Gasteiger partial charge in [0.2, 0.25) is 34.4 Å². The zero-order chi connectivity index (χ0) is 56.1. The van der Waals surface area contributed by atoms with Gasteiger partial charge < -0.3 is 54.5 Å². The lowest BCUT2D eigenvalue weighted by molar-refractivity contribution is -0.161. The van der Waals surface area contributed by atoms with Gasteiger partial charge >= 0.3 is 17.8 Å². The highest BCUT2D eigenvalue weighted by Crippen LogP contribution is 2.49. The van der Waals surface area contributed by atoms with Crippen LogP contribution in [0.3, 0.4) is 0 Å². The summed E-state index contributed by atoms with van der Waals surface area (Å²) in [6, 6.07) is 10.2. The van der Waals surface area contributed by atoms with Gasteiger partial charge in [0.25, 0.3) is 0 Å². The molecule has 2 heterocycles. The van der Waals surface area contributed by atoms with Crippen molar-refractivity contribution in [1.82, 2.24) is 31.2 Å². The van der Waals surface area contributed by atoms with Crippen molar-refractivity contribution in [2.45, 2.75) is 102 Å². The third-order valence-electron chi connectivity index (χ3n) is 14.1. The SMILES string of the molecule is COc1cc2cc(c1Cl)N(C)C(=O)CC(OC(=O)C(C)N(C)C(=O)CNC(=O)CNC(=O)CNC(=O)CONC(=O)OCC1C3=CCCC=C3c3ccccc31)C1(C)OC1C(C)C(O)CC(=[N+]=O)C(OC)C=CC=C(C)C2. The molecule has 414 valence electrons. The van der Waals surface area contributed by atoms with E-state index >= 15 is 0 Å². The molecule has 22 nitrogen and oxygen atoms in total. The lowest BCUT2D eigenvalue weighted by Gasteiger charge is -2.29. The van der Waals surface area contributed by atoms with Crippen LogP contribution in [0.25, 0.3) is 5.57 Å². The first-order chi connectivity index (χ1) is 36.7. The van der Waals surface area contributed by atoms with Crippen LogP contribution in [0, 0.1) is 10.8 Å². The smallest absolute Gasteiger partial charge is 0.431 e. The predicted molar refractivity (Wildman–Crippen MR) is 283 cm³/mol. The molecule has 6 amide bonds. The highest BCUT2D eigenvalue weighted by Gasteiger charge is 2.63. The maximum atomic E-state index is 14.2. The molecule has 4 aliphatic rings. The molecule has 0 saturated carbocycles. The van der Waals surface area contributed by atoms with Crippen LogP contribution in [0.4, 0.5) is 10.5 Å². The van der Waals surface area contributed by atoms with Gasteiger partial charge in [-0.1, -0.05) is 72.7 Å². The molecule has 2 aromatic rings. The summed E-state index contributed by atoms with van der Waals surface area (Å²) >= 11 is 6.77. The van der Waals surface area contributed by atoms with Gasteiger partial charge in [-0.2, -0.15) is 5.48 Å². The van der Waals surface area contributed by atoms with Crippen LogP contribution in [0.2, 0.25) is 5.02 Å². The van der Waals surface area contributed by atoms with Crippen molar-refractivity contribution in [3.8, 4) is 5.75 Å². The van der Waals surface area contributed by atoms with Gasteiger partial charge in [-0.15, -0.1) is 0 Å². The number of nitroso groups, excluding NO2 is 1. The van der Waals surface area contributed by atoms with E-state index in [9.17, 15) is 43.6 Å². The van der Waals surface area contributed by atoms with Gasteiger partial charge in [-0.25, -0.2) is 9.59 Å². The van der Waals surface area contributed by atoms with Gasteiger partial charge in [-0.05, 0) is 86.1 Å². The summed E-state index contributed by atoms with van der Waals surface area (Å²) in [6.45, 7) is 4.29. The number of epoxide rings is 1. The molecule has 8 atom stereocenters. The normalized spacial score (nSPS) is 23.5. The number of carbonyl (C=O) groups is 7. The third kappa shape index (κ3) is 14.8. The number of hydrogen-bond donors (Lipinski definition) is 5. The molecule has 77 heavy (non-hydrogen) atoms. The minimum atomic E-state index is -1.35. The van der Waals surface area contributed by atoms with Crippen molar-refractivity contribution in [2.75, 3.05) is 66.1 Å². The Hall–Kier alpha value is -7.20. The van der Waals surface area contributed by atoms with Crippen LogP contribution in [-0.4, -0.2) is 155 Å². The number of esters is 1. The topological polar surface area (TPSA) is 284 Å². The molecule has 23 heteroatoms. The van der Waals surface area contributed by atoms with Crippen molar-refractivity contribution < 1.29 is 67.2 Å². The van der Waals surface area contributed by atoms with Crippen LogP contribution in [0.5, 0.6) is 5.75 Å². The Morgan fingerprint density at radius 2 is 1.69 bits per heavy atom. The largest absolute Gasteiger partial charge is 0.495 e. The number of fused-ring (bicyclic) bond motifs is 6. The molecule has 1 saturated heterocycles. The van der Waals surface area contributed by atoms with E-state index in [2.05, 4.69) is 38.4 Å². The Balaban J connectivity index is 0.982. The number of carbonyl (C=O) groups excluding carboxylic acids is 7. The summed E-state index contributed by atoms with van der Waals surface area (Å²) < 4.78 is 28.7. The highest BCUT2D eigenvalue weighted by molar-refractivity contribution is 6.35. The highest BCUT2D eigenvalue weighted by atomic mass is 35.5. The molecule has 5 N–H and O–H groups in total. The summed E-state index contributed by atoms with van der Waals surface area (Å²) in [4.78, 5) is 114. The second kappa shape index (κ2) is 26.7. The number of nitrogens with one attached hydrogen (secondary N) is 4. The molecule has 2 aromatic carbocycles. The van der Waals surface area contributed by atoms with Crippen LogP contribution < -0.4 is 35.9 Å². The first kappa shape index (κ1) is 59.1. The number of aliphatic hydroxyl groups is 1. The summed E-state index contributed by atoms with van der Waals surface area (Å²) in [6.07, 6.45) is 6.13. The van der Waals surface area contributed by atoms with Gasteiger partial charge in [0.05, 0.1) is 57.5 Å². The number of halogens is 1. The number of methoxy groups -OCH3 is 2. The number of amides is 6. The zero-order valence-corrected chi connectivity index (χ0v) is 45.1. The number of likely N-dealkylation sites (N-methyl/N-ethyl adjacent to an activating group) is 1. The number of anilines is 1. The van der Waals surface area contributed by atoms with Crippen LogP contribution in [-0.2, 0) is 59.0 Å². The van der Waals surface area contributed by atoms with Crippen molar-refractivity contribution in [1.29, 1.82) is 0 Å². The van der Waals surface area contributed by atoms with Gasteiger partial charge in [0.15, 0.2) is 17.6 Å². The number of ether oxygens (including phenoxy) is 5. The van der Waals surface area contributed by atoms with E-state index in [1.165, 1.54) is 40.1 Å². The van der Waals surface area contributed by atoms with Crippen molar-refractivity contribution in [3.63, 3.8) is 0 Å². The average Bonchev–Trinajstić information content (AvgIpc) is 4.08. The van der Waals surface area contributed by atoms with Crippen LogP contribution in [0.15, 0.2) is 77.9 Å². The number of nitrogens with zero attached hydrogens (tertiary/aromatic N) is 3. The fourth-order valence-corrected chi connectivity index (χ4v) is 9.68. The summed E-state index contributed by atoms with van der Waals surface area (Å²) in [7, 11) is 5.68. The van der Waals surface area contributed by atoms with Gasteiger partial charge in [0, 0.05) is 33.0 Å². The molecule has 0 radical (unpaired) electrons. The number of benzene rings is 2. The third-order valence-corrected chi connectivity index (χ3v) is 14.5. The minimum Gasteiger partial charge on any atom is -0.495 e. The molecule has 0 spiro atoms. The quantitative estimate of drug-likeness (QED) is 0.0698. The second-order valence-corrected chi connectivity index (χ2v) is 19.8. The maximum Gasteiger partial charge on any atom is 0.431 e. The first-order valence-electron chi connectivity index (χ1n) is 25.1. The fourth-order valence-electron chi connectivity index (χ4n) is 9.36. The molecule has 1 fully saturated rings. The van der Waals surface area contributed by atoms with E-state index in [0.717, 1.165) is 51.2 Å². The van der Waals surface area contributed by atoms with E-state index in [4.69, 9.17) is 40.1 Å².